The third-order valence-corrected chi connectivity index (χ3v) is 6.74. The number of benzene rings is 2. The summed E-state index contributed by atoms with van der Waals surface area (Å²) < 4.78 is 41.5. The number of rotatable bonds is 7. The molecule has 2 aromatic carbocycles. The van der Waals surface area contributed by atoms with Gasteiger partial charge in [0, 0.05) is 17.6 Å². The van der Waals surface area contributed by atoms with Crippen molar-refractivity contribution in [2.24, 2.45) is 0 Å². The van der Waals surface area contributed by atoms with Crippen molar-refractivity contribution < 1.29 is 17.6 Å². The Balaban J connectivity index is 1.68. The predicted molar refractivity (Wildman–Crippen MR) is 110 cm³/mol. The zero-order valence-corrected chi connectivity index (χ0v) is 17.8. The van der Waals surface area contributed by atoms with E-state index in [-0.39, 0.29) is 4.90 Å². The summed E-state index contributed by atoms with van der Waals surface area (Å²) in [6.45, 7) is 0.0215. The molecule has 10 heteroatoms. The van der Waals surface area contributed by atoms with Crippen LogP contribution in [0, 0.1) is 5.82 Å². The van der Waals surface area contributed by atoms with Crippen LogP contribution in [-0.2, 0) is 21.4 Å². The topological polar surface area (TPSA) is 84.3 Å². The number of sulfonamides is 1. The van der Waals surface area contributed by atoms with Crippen LogP contribution in [0.3, 0.4) is 0 Å². The van der Waals surface area contributed by atoms with Crippen molar-refractivity contribution in [3.63, 3.8) is 0 Å². The molecule has 0 spiro atoms. The van der Waals surface area contributed by atoms with Gasteiger partial charge in [-0.1, -0.05) is 34.1 Å². The number of hydrogen-bond donors (Lipinski definition) is 1. The number of aromatic nitrogens is 2. The first kappa shape index (κ1) is 21.2. The minimum Gasteiger partial charge on any atom is -0.310 e. The van der Waals surface area contributed by atoms with Gasteiger partial charge in [-0.15, -0.1) is 0 Å². The maximum absolute atomic E-state index is 13.0. The molecule has 1 aromatic heterocycles. The molecule has 0 aliphatic heterocycles. The molecule has 3 rings (SSSR count). The van der Waals surface area contributed by atoms with Gasteiger partial charge in [-0.2, -0.15) is 9.40 Å². The van der Waals surface area contributed by atoms with Crippen LogP contribution in [0.1, 0.15) is 5.56 Å². The Kier molecular flexibility index (Phi) is 6.46. The Morgan fingerprint density at radius 3 is 2.55 bits per heavy atom. The van der Waals surface area contributed by atoms with Crippen LogP contribution in [0.15, 0.2) is 70.2 Å². The van der Waals surface area contributed by atoms with Gasteiger partial charge in [0.2, 0.25) is 15.9 Å². The molecule has 0 unspecified atom stereocenters. The summed E-state index contributed by atoms with van der Waals surface area (Å²) in [7, 11) is -2.63. The number of carbonyl (C=O) groups excluding carboxylic acids is 1. The fraction of sp³-hybridized carbons (Fsp3) is 0.158. The minimum absolute atomic E-state index is 0.0897. The average molecular weight is 481 g/mol. The van der Waals surface area contributed by atoms with E-state index < -0.39 is 28.3 Å². The van der Waals surface area contributed by atoms with Gasteiger partial charge in [0.15, 0.2) is 0 Å². The van der Waals surface area contributed by atoms with Crippen LogP contribution in [-0.4, -0.2) is 42.0 Å². The lowest BCUT2D eigenvalue weighted by atomic mass is 10.2. The zero-order valence-electron chi connectivity index (χ0n) is 15.4. The van der Waals surface area contributed by atoms with E-state index in [1.165, 1.54) is 7.05 Å². The third kappa shape index (κ3) is 5.08. The quantitative estimate of drug-likeness (QED) is 0.562. The molecular weight excluding hydrogens is 463 g/mol. The molecule has 152 valence electrons. The average Bonchev–Trinajstić information content (AvgIpc) is 3.10. The second-order valence-electron chi connectivity index (χ2n) is 6.23. The van der Waals surface area contributed by atoms with Crippen molar-refractivity contribution in [1.82, 2.24) is 14.1 Å². The SMILES string of the molecule is CN(CC(=O)Nc1ccnn1Cc1ccccc1Br)S(=O)(=O)c1ccc(F)cc1. The van der Waals surface area contributed by atoms with Gasteiger partial charge in [-0.25, -0.2) is 17.5 Å². The maximum atomic E-state index is 13.0. The van der Waals surface area contributed by atoms with Crippen LogP contribution in [0.5, 0.6) is 0 Å². The Morgan fingerprint density at radius 1 is 1.17 bits per heavy atom. The van der Waals surface area contributed by atoms with E-state index in [4.69, 9.17) is 0 Å². The molecule has 3 aromatic rings. The number of hydrogen-bond acceptors (Lipinski definition) is 4. The summed E-state index contributed by atoms with van der Waals surface area (Å²) in [5.74, 6) is -0.618. The van der Waals surface area contributed by atoms with Crippen molar-refractivity contribution in [1.29, 1.82) is 0 Å². The molecular formula is C19H18BrFN4O3S. The molecule has 0 atom stereocenters. The highest BCUT2D eigenvalue weighted by Gasteiger charge is 2.23. The Hall–Kier alpha value is -2.56. The van der Waals surface area contributed by atoms with E-state index in [1.54, 1.807) is 16.9 Å². The van der Waals surface area contributed by atoms with Gasteiger partial charge in [0.25, 0.3) is 0 Å². The van der Waals surface area contributed by atoms with Crippen molar-refractivity contribution in [2.45, 2.75) is 11.4 Å². The molecule has 0 aliphatic rings. The van der Waals surface area contributed by atoms with Crippen molar-refractivity contribution in [3.8, 4) is 0 Å². The first-order valence-electron chi connectivity index (χ1n) is 8.54. The Labute approximate surface area is 176 Å². The second-order valence-corrected chi connectivity index (χ2v) is 9.13. The molecule has 0 fully saturated rings. The number of amides is 1. The predicted octanol–water partition coefficient (Wildman–Crippen LogP) is 3.09. The standard InChI is InChI=1S/C19H18BrFN4O3S/c1-24(29(27,28)16-8-6-15(21)7-9-16)13-19(26)23-18-10-11-22-25(18)12-14-4-2-3-5-17(14)20/h2-11H,12-13H2,1H3,(H,23,26). The molecule has 0 bridgehead atoms. The summed E-state index contributed by atoms with van der Waals surface area (Å²) in [6.07, 6.45) is 1.55. The van der Waals surface area contributed by atoms with Gasteiger partial charge >= 0.3 is 0 Å². The fourth-order valence-electron chi connectivity index (χ4n) is 2.61. The molecule has 0 aliphatic carbocycles. The monoisotopic (exact) mass is 480 g/mol. The summed E-state index contributed by atoms with van der Waals surface area (Å²) >= 11 is 3.47. The number of halogens is 2. The van der Waals surface area contributed by atoms with Crippen LogP contribution in [0.4, 0.5) is 10.2 Å². The number of nitrogens with zero attached hydrogens (tertiary/aromatic N) is 3. The minimum atomic E-state index is -3.92. The molecule has 29 heavy (non-hydrogen) atoms. The van der Waals surface area contributed by atoms with Gasteiger partial charge in [0.1, 0.15) is 11.6 Å². The van der Waals surface area contributed by atoms with Gasteiger partial charge in [-0.3, -0.25) is 4.79 Å². The normalized spacial score (nSPS) is 11.6. The zero-order chi connectivity index (χ0) is 21.0. The Bertz CT molecular complexity index is 1120. The van der Waals surface area contributed by atoms with Crippen molar-refractivity contribution >= 4 is 37.7 Å². The number of likely N-dealkylation sites (N-methyl/N-ethyl adjacent to an activating group) is 1. The first-order chi connectivity index (χ1) is 13.8. The van der Waals surface area contributed by atoms with E-state index in [0.717, 1.165) is 38.6 Å². The summed E-state index contributed by atoms with van der Waals surface area (Å²) in [6, 6.07) is 13.7. The van der Waals surface area contributed by atoms with Crippen LogP contribution >= 0.6 is 15.9 Å². The lowest BCUT2D eigenvalue weighted by molar-refractivity contribution is -0.116. The largest absolute Gasteiger partial charge is 0.310 e. The van der Waals surface area contributed by atoms with Crippen LogP contribution < -0.4 is 5.32 Å². The number of nitrogens with one attached hydrogen (secondary N) is 1. The highest BCUT2D eigenvalue weighted by molar-refractivity contribution is 9.10. The van der Waals surface area contributed by atoms with E-state index in [0.29, 0.717) is 12.4 Å². The molecule has 7 nitrogen and oxygen atoms in total. The van der Waals surface area contributed by atoms with E-state index in [2.05, 4.69) is 26.3 Å². The summed E-state index contributed by atoms with van der Waals surface area (Å²) in [4.78, 5) is 12.3. The highest BCUT2D eigenvalue weighted by Crippen LogP contribution is 2.19. The third-order valence-electron chi connectivity index (χ3n) is 4.15. The lowest BCUT2D eigenvalue weighted by Gasteiger charge is -2.17. The summed E-state index contributed by atoms with van der Waals surface area (Å²) in [5.41, 5.74) is 0.975. The molecule has 0 saturated heterocycles. The van der Waals surface area contributed by atoms with Crippen molar-refractivity contribution in [3.05, 3.63) is 76.6 Å². The second kappa shape index (κ2) is 8.85. The van der Waals surface area contributed by atoms with Crippen molar-refractivity contribution in [2.75, 3.05) is 18.9 Å². The van der Waals surface area contributed by atoms with Gasteiger partial charge < -0.3 is 5.32 Å². The van der Waals surface area contributed by atoms with E-state index in [1.807, 2.05) is 24.3 Å². The van der Waals surface area contributed by atoms with E-state index in [9.17, 15) is 17.6 Å². The smallest absolute Gasteiger partial charge is 0.243 e. The molecule has 0 saturated carbocycles. The maximum Gasteiger partial charge on any atom is 0.243 e. The van der Waals surface area contributed by atoms with E-state index >= 15 is 0 Å². The van der Waals surface area contributed by atoms with Gasteiger partial charge in [-0.05, 0) is 35.9 Å². The molecule has 1 N–H and O–H groups in total. The number of carbonyl (C=O) groups is 1. The lowest BCUT2D eigenvalue weighted by Crippen LogP contribution is -2.35. The molecule has 1 amide bonds. The summed E-state index contributed by atoms with van der Waals surface area (Å²) in [5, 5.41) is 6.88. The Morgan fingerprint density at radius 2 is 1.86 bits per heavy atom. The first-order valence-corrected chi connectivity index (χ1v) is 10.8. The van der Waals surface area contributed by atoms with Crippen LogP contribution in [0.25, 0.3) is 0 Å². The molecule has 1 heterocycles. The fourth-order valence-corrected chi connectivity index (χ4v) is 4.15. The molecule has 0 radical (unpaired) electrons. The highest BCUT2D eigenvalue weighted by atomic mass is 79.9. The number of anilines is 1. The van der Waals surface area contributed by atoms with Gasteiger partial charge in [0.05, 0.1) is 24.2 Å². The van der Waals surface area contributed by atoms with Crippen LogP contribution in [0.2, 0.25) is 0 Å².